The molecule has 0 saturated heterocycles. The van der Waals surface area contributed by atoms with Gasteiger partial charge in [0.05, 0.1) is 16.4 Å². The Kier molecular flexibility index (Phi) is 7.70. The number of rotatable bonds is 4. The van der Waals surface area contributed by atoms with E-state index in [1.54, 1.807) is 70.2 Å². The number of nitrogens with one attached hydrogen (secondary N) is 1. The van der Waals surface area contributed by atoms with E-state index in [-0.39, 0.29) is 5.70 Å². The van der Waals surface area contributed by atoms with Gasteiger partial charge in [0, 0.05) is 26.6 Å². The Morgan fingerprint density at radius 3 is 2.07 bits per heavy atom. The molecule has 8 heteroatoms. The van der Waals surface area contributed by atoms with Gasteiger partial charge in [-0.25, -0.2) is 4.99 Å². The predicted molar refractivity (Wildman–Crippen MR) is 124 cm³/mol. The van der Waals surface area contributed by atoms with Crippen molar-refractivity contribution in [2.24, 2.45) is 16.1 Å². The van der Waals surface area contributed by atoms with Crippen LogP contribution in [0, 0.1) is 5.41 Å². The zero-order valence-corrected chi connectivity index (χ0v) is 19.3. The van der Waals surface area contributed by atoms with Gasteiger partial charge in [-0.05, 0) is 37.3 Å². The van der Waals surface area contributed by atoms with E-state index in [2.05, 4.69) is 10.3 Å². The third kappa shape index (κ3) is 6.08. The van der Waals surface area contributed by atoms with E-state index in [0.29, 0.717) is 37.6 Å². The smallest absolute Gasteiger partial charge is 0.274 e. The highest BCUT2D eigenvalue weighted by Gasteiger charge is 2.25. The lowest BCUT2D eigenvalue weighted by Gasteiger charge is -2.18. The largest absolute Gasteiger partial charge is 0.394 e. The summed E-state index contributed by atoms with van der Waals surface area (Å²) in [5.74, 6) is -1.13. The summed E-state index contributed by atoms with van der Waals surface area (Å²) >= 11 is 18.2. The van der Waals surface area contributed by atoms with Crippen molar-refractivity contribution in [1.82, 2.24) is 5.32 Å². The van der Waals surface area contributed by atoms with Crippen LogP contribution in [0.2, 0.25) is 15.1 Å². The molecule has 0 radical (unpaired) electrons. The highest BCUT2D eigenvalue weighted by Crippen LogP contribution is 2.30. The minimum atomic E-state index is -0.742. The Hall–Kier alpha value is -2.34. The number of nitrogens with two attached hydrogens (primary N) is 1. The number of benzene rings is 2. The molecule has 158 valence electrons. The number of aliphatic imine (C=N–C) groups is 1. The number of halogens is 3. The van der Waals surface area contributed by atoms with Gasteiger partial charge in [-0.3, -0.25) is 14.9 Å². The van der Waals surface area contributed by atoms with E-state index in [9.17, 15) is 9.59 Å². The van der Waals surface area contributed by atoms with E-state index >= 15 is 0 Å². The van der Waals surface area contributed by atoms with Crippen molar-refractivity contribution >= 4 is 58.0 Å². The van der Waals surface area contributed by atoms with Gasteiger partial charge in [-0.1, -0.05) is 67.7 Å². The SMILES string of the molecule is CC(C(=Nc1ccc(Cl)cc1Cl)c1ccc(Cl)cc1)=C(N)C(=O)NC(=O)C(C)(C)C. The molecule has 0 spiro atoms. The molecular formula is C22H22Cl3N3O2. The second-order valence-electron chi connectivity index (χ2n) is 7.63. The number of allylic oxidation sites excluding steroid dienone is 1. The summed E-state index contributed by atoms with van der Waals surface area (Å²) in [7, 11) is 0. The van der Waals surface area contributed by atoms with Crippen molar-refractivity contribution in [1.29, 1.82) is 0 Å². The van der Waals surface area contributed by atoms with Crippen LogP contribution in [0.25, 0.3) is 0 Å². The zero-order chi connectivity index (χ0) is 22.6. The Balaban J connectivity index is 2.56. The number of amides is 2. The molecule has 0 aliphatic rings. The predicted octanol–water partition coefficient (Wildman–Crippen LogP) is 5.69. The van der Waals surface area contributed by atoms with Crippen LogP contribution >= 0.6 is 34.8 Å². The average Bonchev–Trinajstić information content (AvgIpc) is 2.66. The molecule has 2 aromatic carbocycles. The second-order valence-corrected chi connectivity index (χ2v) is 8.92. The van der Waals surface area contributed by atoms with Crippen LogP contribution in [0.5, 0.6) is 0 Å². The van der Waals surface area contributed by atoms with Crippen molar-refractivity contribution in [2.45, 2.75) is 27.7 Å². The lowest BCUT2D eigenvalue weighted by Crippen LogP contribution is -2.41. The Morgan fingerprint density at radius 1 is 0.967 bits per heavy atom. The Morgan fingerprint density at radius 2 is 1.53 bits per heavy atom. The van der Waals surface area contributed by atoms with E-state index in [1.807, 2.05) is 0 Å². The molecule has 0 aliphatic heterocycles. The van der Waals surface area contributed by atoms with Crippen molar-refractivity contribution in [3.8, 4) is 0 Å². The van der Waals surface area contributed by atoms with Crippen LogP contribution < -0.4 is 11.1 Å². The monoisotopic (exact) mass is 465 g/mol. The molecule has 0 unspecified atom stereocenters. The Bertz CT molecular complexity index is 1040. The van der Waals surface area contributed by atoms with Crippen molar-refractivity contribution in [2.75, 3.05) is 0 Å². The third-order valence-electron chi connectivity index (χ3n) is 4.17. The molecule has 2 aromatic rings. The lowest BCUT2D eigenvalue weighted by molar-refractivity contribution is -0.133. The standard InChI is InChI=1S/C22H22Cl3N3O2/c1-12(18(26)20(29)28-21(30)22(2,3)4)19(13-5-7-14(23)8-6-13)27-17-10-9-15(24)11-16(17)25/h5-11H,26H2,1-4H3,(H,28,29,30). The normalized spacial score (nSPS) is 13.0. The number of hydrogen-bond acceptors (Lipinski definition) is 4. The van der Waals surface area contributed by atoms with Crippen molar-refractivity contribution < 1.29 is 9.59 Å². The van der Waals surface area contributed by atoms with Gasteiger partial charge in [0.15, 0.2) is 0 Å². The third-order valence-corrected chi connectivity index (χ3v) is 4.96. The summed E-state index contributed by atoms with van der Waals surface area (Å²) in [5.41, 5.74) is 7.12. The first kappa shape index (κ1) is 23.9. The van der Waals surface area contributed by atoms with Crippen molar-refractivity contribution in [3.63, 3.8) is 0 Å². The van der Waals surface area contributed by atoms with Crippen LogP contribution in [0.4, 0.5) is 5.69 Å². The van der Waals surface area contributed by atoms with Gasteiger partial charge in [-0.2, -0.15) is 0 Å². The highest BCUT2D eigenvalue weighted by atomic mass is 35.5. The van der Waals surface area contributed by atoms with E-state index in [4.69, 9.17) is 40.5 Å². The highest BCUT2D eigenvalue weighted by molar-refractivity contribution is 6.36. The van der Waals surface area contributed by atoms with Crippen LogP contribution in [0.3, 0.4) is 0 Å². The average molecular weight is 467 g/mol. The maximum atomic E-state index is 12.6. The number of nitrogens with zero attached hydrogens (tertiary/aromatic N) is 1. The fourth-order valence-electron chi connectivity index (χ4n) is 2.32. The number of carbonyl (C=O) groups excluding carboxylic acids is 2. The first-order valence-corrected chi connectivity index (χ1v) is 10.2. The molecular weight excluding hydrogens is 445 g/mol. The molecule has 2 amide bonds. The summed E-state index contributed by atoms with van der Waals surface area (Å²) in [5, 5.41) is 3.68. The van der Waals surface area contributed by atoms with Gasteiger partial charge in [0.1, 0.15) is 5.70 Å². The molecule has 0 aliphatic carbocycles. The Labute approximate surface area is 190 Å². The quantitative estimate of drug-likeness (QED) is 0.448. The minimum absolute atomic E-state index is 0.133. The van der Waals surface area contributed by atoms with Gasteiger partial charge >= 0.3 is 0 Å². The van der Waals surface area contributed by atoms with E-state index in [1.165, 1.54) is 0 Å². The summed E-state index contributed by atoms with van der Waals surface area (Å²) in [6.45, 7) is 6.75. The summed E-state index contributed by atoms with van der Waals surface area (Å²) in [4.78, 5) is 29.3. The first-order valence-electron chi connectivity index (χ1n) is 9.02. The van der Waals surface area contributed by atoms with Crippen LogP contribution in [-0.4, -0.2) is 17.5 Å². The molecule has 0 fully saturated rings. The van der Waals surface area contributed by atoms with Gasteiger partial charge in [0.2, 0.25) is 5.91 Å². The molecule has 0 atom stereocenters. The molecule has 0 saturated carbocycles. The first-order chi connectivity index (χ1) is 13.9. The lowest BCUT2D eigenvalue weighted by atomic mass is 9.95. The summed E-state index contributed by atoms with van der Waals surface area (Å²) in [6, 6.07) is 11.8. The van der Waals surface area contributed by atoms with E-state index in [0.717, 1.165) is 0 Å². The molecule has 0 heterocycles. The van der Waals surface area contributed by atoms with Crippen LogP contribution in [0.15, 0.2) is 58.7 Å². The van der Waals surface area contributed by atoms with E-state index < -0.39 is 17.2 Å². The fourth-order valence-corrected chi connectivity index (χ4v) is 2.90. The van der Waals surface area contributed by atoms with Gasteiger partial charge < -0.3 is 5.73 Å². The van der Waals surface area contributed by atoms with Crippen molar-refractivity contribution in [3.05, 3.63) is 74.4 Å². The molecule has 5 nitrogen and oxygen atoms in total. The summed E-state index contributed by atoms with van der Waals surface area (Å²) < 4.78 is 0. The fraction of sp³-hybridized carbons (Fsp3) is 0.227. The maximum absolute atomic E-state index is 12.6. The van der Waals surface area contributed by atoms with Gasteiger partial charge in [-0.15, -0.1) is 0 Å². The molecule has 30 heavy (non-hydrogen) atoms. The van der Waals surface area contributed by atoms with Crippen LogP contribution in [-0.2, 0) is 9.59 Å². The minimum Gasteiger partial charge on any atom is -0.394 e. The number of carbonyl (C=O) groups is 2. The topological polar surface area (TPSA) is 84.5 Å². The van der Waals surface area contributed by atoms with Crippen LogP contribution in [0.1, 0.15) is 33.3 Å². The van der Waals surface area contributed by atoms with Gasteiger partial charge in [0.25, 0.3) is 5.91 Å². The molecule has 3 N–H and O–H groups in total. The number of imide groups is 1. The molecule has 0 aromatic heterocycles. The number of hydrogen-bond donors (Lipinski definition) is 2. The zero-order valence-electron chi connectivity index (χ0n) is 17.0. The molecule has 0 bridgehead atoms. The summed E-state index contributed by atoms with van der Waals surface area (Å²) in [6.07, 6.45) is 0. The molecule has 2 rings (SSSR count). The second kappa shape index (κ2) is 9.65. The maximum Gasteiger partial charge on any atom is 0.274 e.